The van der Waals surface area contributed by atoms with Gasteiger partial charge in [-0.3, -0.25) is 20.2 Å². The Hall–Kier alpha value is -5.66. The molecule has 60 heavy (non-hydrogen) atoms. The number of benzene rings is 5. The number of fused-ring (bicyclic) bond motifs is 4. The van der Waals surface area contributed by atoms with Crippen molar-refractivity contribution in [3.8, 4) is 23.0 Å². The second-order valence-electron chi connectivity index (χ2n) is 16.7. The number of nitro benzene ring substituents is 2. The molecule has 0 radical (unpaired) electrons. The molecule has 13 heteroatoms. The van der Waals surface area contributed by atoms with Crippen LogP contribution >= 0.6 is 31.9 Å². The van der Waals surface area contributed by atoms with E-state index in [1.54, 1.807) is 0 Å². The predicted octanol–water partition coefficient (Wildman–Crippen LogP) is 11.6. The smallest absolute Gasteiger partial charge is 0.274 e. The zero-order valence-electron chi connectivity index (χ0n) is 33.7. The van der Waals surface area contributed by atoms with Gasteiger partial charge in [0.25, 0.3) is 11.4 Å². The average molecular weight is 936 g/mol. The largest absolute Gasteiger partial charge is 0.493 e. The van der Waals surface area contributed by atoms with Crippen molar-refractivity contribution in [2.75, 3.05) is 19.1 Å². The Balaban J connectivity index is 1.10. The number of nitrogens with zero attached hydrogens (tertiary/aromatic N) is 3. The molecule has 4 aliphatic rings. The van der Waals surface area contributed by atoms with Crippen LogP contribution < -0.4 is 23.8 Å². The molecule has 3 unspecified atom stereocenters. The summed E-state index contributed by atoms with van der Waals surface area (Å²) in [4.78, 5) is 25.0. The van der Waals surface area contributed by atoms with Crippen LogP contribution in [0, 0.1) is 20.2 Å². The molecule has 2 spiro atoms. The van der Waals surface area contributed by atoms with Crippen molar-refractivity contribution in [1.82, 2.24) is 0 Å². The lowest BCUT2D eigenvalue weighted by molar-refractivity contribution is -0.385. The van der Waals surface area contributed by atoms with Gasteiger partial charge in [0.05, 0.1) is 41.6 Å². The molecule has 5 aromatic carbocycles. The minimum absolute atomic E-state index is 0.0667. The summed E-state index contributed by atoms with van der Waals surface area (Å²) >= 11 is 7.97. The molecule has 11 nitrogen and oxygen atoms in total. The van der Waals surface area contributed by atoms with Crippen molar-refractivity contribution in [2.45, 2.75) is 68.7 Å². The molecular weight excluding hydrogens is 894 g/mol. The number of hydrogen-bond acceptors (Lipinski definition) is 9. The highest BCUT2D eigenvalue weighted by atomic mass is 79.9. The van der Waals surface area contributed by atoms with Crippen LogP contribution in [0.15, 0.2) is 106 Å². The van der Waals surface area contributed by atoms with E-state index in [0.717, 1.165) is 31.3 Å². The second kappa shape index (κ2) is 14.0. The lowest BCUT2D eigenvalue weighted by Gasteiger charge is -2.47. The van der Waals surface area contributed by atoms with Gasteiger partial charge >= 0.3 is 0 Å². The molecule has 0 aromatic heterocycles. The Morgan fingerprint density at radius 3 is 1.88 bits per heavy atom. The average Bonchev–Trinajstić information content (AvgIpc) is 3.52. The third kappa shape index (κ3) is 5.64. The number of anilines is 1. The van der Waals surface area contributed by atoms with Crippen molar-refractivity contribution < 1.29 is 28.8 Å². The Kier molecular flexibility index (Phi) is 9.25. The van der Waals surface area contributed by atoms with Gasteiger partial charge in [-0.15, -0.1) is 0 Å². The summed E-state index contributed by atoms with van der Waals surface area (Å²) in [6, 6.07) is 26.9. The first-order chi connectivity index (χ1) is 28.6. The minimum Gasteiger partial charge on any atom is -0.493 e. The summed E-state index contributed by atoms with van der Waals surface area (Å²) in [5.41, 5.74) is 4.60. The second-order valence-corrected chi connectivity index (χ2v) is 18.4. The summed E-state index contributed by atoms with van der Waals surface area (Å²) in [7, 11) is 2.99. The summed E-state index contributed by atoms with van der Waals surface area (Å²) in [5.74, 6) is 1.37. The van der Waals surface area contributed by atoms with Gasteiger partial charge < -0.3 is 23.8 Å². The molecule has 0 saturated carbocycles. The topological polar surface area (TPSA) is 126 Å². The molecule has 0 saturated heterocycles. The maximum atomic E-state index is 11.8. The third-order valence-electron chi connectivity index (χ3n) is 13.2. The molecule has 306 valence electrons. The quantitative estimate of drug-likeness (QED) is 0.110. The van der Waals surface area contributed by atoms with Crippen molar-refractivity contribution in [3.05, 3.63) is 165 Å². The normalized spacial score (nSPS) is 22.1. The number of nitro groups is 2. The first kappa shape index (κ1) is 39.8. The van der Waals surface area contributed by atoms with Crippen molar-refractivity contribution in [3.63, 3.8) is 0 Å². The maximum absolute atomic E-state index is 11.8. The fourth-order valence-electron chi connectivity index (χ4n) is 9.97. The molecule has 0 N–H and O–H groups in total. The number of non-ortho nitro benzene ring substituents is 2. The van der Waals surface area contributed by atoms with Crippen LogP contribution in [0.1, 0.15) is 72.6 Å². The molecule has 3 heterocycles. The van der Waals surface area contributed by atoms with E-state index in [1.165, 1.54) is 49.6 Å². The summed E-state index contributed by atoms with van der Waals surface area (Å²) in [6.45, 7) is 9.14. The van der Waals surface area contributed by atoms with Crippen LogP contribution in [-0.2, 0) is 23.8 Å². The van der Waals surface area contributed by atoms with Crippen LogP contribution in [0.2, 0.25) is 0 Å². The SMILES string of the molecule is COc1cc([N+](=O)[O-])cc2c1OC1(C=C2)C(Cc2cc(Br)c(CN3c4ccccc4C(C)(C)C34C=Cc3cc([N+](=O)[O-])cc(OC)c3O4)cc2Br)c2ccccc2C1(C)C. The molecule has 0 bridgehead atoms. The molecule has 9 rings (SSSR count). The van der Waals surface area contributed by atoms with E-state index in [0.29, 0.717) is 41.3 Å². The number of hydrogen-bond donors (Lipinski definition) is 0. The van der Waals surface area contributed by atoms with Gasteiger partial charge in [0.15, 0.2) is 23.0 Å². The van der Waals surface area contributed by atoms with Gasteiger partial charge in [-0.25, -0.2) is 0 Å². The highest BCUT2D eigenvalue weighted by Gasteiger charge is 2.61. The van der Waals surface area contributed by atoms with Crippen LogP contribution in [0.5, 0.6) is 23.0 Å². The van der Waals surface area contributed by atoms with Crippen LogP contribution in [0.3, 0.4) is 0 Å². The Morgan fingerprint density at radius 2 is 1.25 bits per heavy atom. The summed E-state index contributed by atoms with van der Waals surface area (Å²) in [6.07, 6.45) is 8.53. The van der Waals surface area contributed by atoms with E-state index >= 15 is 0 Å². The zero-order chi connectivity index (χ0) is 42.5. The van der Waals surface area contributed by atoms with Gasteiger partial charge in [0.2, 0.25) is 5.72 Å². The van der Waals surface area contributed by atoms with Gasteiger partial charge in [-0.2, -0.15) is 0 Å². The minimum atomic E-state index is -1.02. The predicted molar refractivity (Wildman–Crippen MR) is 237 cm³/mol. The van der Waals surface area contributed by atoms with E-state index in [-0.39, 0.29) is 23.0 Å². The fourth-order valence-corrected chi connectivity index (χ4v) is 11.0. The maximum Gasteiger partial charge on any atom is 0.274 e. The van der Waals surface area contributed by atoms with Gasteiger partial charge in [0, 0.05) is 55.8 Å². The number of methoxy groups -OCH3 is 2. The Morgan fingerprint density at radius 1 is 0.700 bits per heavy atom. The molecule has 0 fully saturated rings. The van der Waals surface area contributed by atoms with Crippen molar-refractivity contribution >= 4 is 61.1 Å². The molecule has 1 aliphatic carbocycles. The van der Waals surface area contributed by atoms with E-state index in [4.69, 9.17) is 18.9 Å². The van der Waals surface area contributed by atoms with E-state index in [1.807, 2.05) is 30.4 Å². The molecule has 3 aliphatic heterocycles. The molecule has 0 amide bonds. The number of ether oxygens (including phenoxy) is 4. The third-order valence-corrected chi connectivity index (χ3v) is 14.6. The lowest BCUT2D eigenvalue weighted by Crippen LogP contribution is -2.59. The monoisotopic (exact) mass is 933 g/mol. The van der Waals surface area contributed by atoms with E-state index in [2.05, 4.69) is 119 Å². The Labute approximate surface area is 364 Å². The first-order valence-corrected chi connectivity index (χ1v) is 21.1. The van der Waals surface area contributed by atoms with E-state index < -0.39 is 32.0 Å². The Bertz CT molecular complexity index is 2540. The van der Waals surface area contributed by atoms with Crippen LogP contribution in [0.25, 0.3) is 12.2 Å². The lowest BCUT2D eigenvalue weighted by atomic mass is 9.69. The van der Waals surface area contributed by atoms with Gasteiger partial charge in [0.1, 0.15) is 5.60 Å². The fraction of sp³-hybridized carbons (Fsp3) is 0.277. The van der Waals surface area contributed by atoms with Crippen molar-refractivity contribution in [1.29, 1.82) is 0 Å². The van der Waals surface area contributed by atoms with Gasteiger partial charge in [-0.05, 0) is 84.5 Å². The highest BCUT2D eigenvalue weighted by molar-refractivity contribution is 9.11. The standard InChI is InChI=1S/C47H41Br2N3O8/c1-44(2)34-12-8-7-11-33(34)36(46(44)17-15-27-19-31(51(53)54)24-40(57-5)42(27)59-46)21-29-22-38(49)30(23-37(29)48)26-50-39-14-10-9-13-35(39)45(3,4)47(50)18-16-28-20-32(52(55)56)25-41(58-6)43(28)60-47/h7-20,22-25,36H,21,26H2,1-6H3. The van der Waals surface area contributed by atoms with Gasteiger partial charge in [-0.1, -0.05) is 94.2 Å². The molecular formula is C47H41Br2N3O8. The first-order valence-electron chi connectivity index (χ1n) is 19.5. The number of para-hydroxylation sites is 1. The van der Waals surface area contributed by atoms with Crippen molar-refractivity contribution in [2.24, 2.45) is 0 Å². The van der Waals surface area contributed by atoms with Crippen LogP contribution in [-0.4, -0.2) is 35.4 Å². The van der Waals surface area contributed by atoms with Crippen LogP contribution in [0.4, 0.5) is 17.1 Å². The summed E-state index contributed by atoms with van der Waals surface area (Å²) < 4.78 is 27.4. The highest BCUT2D eigenvalue weighted by Crippen LogP contribution is 2.61. The zero-order valence-corrected chi connectivity index (χ0v) is 36.9. The summed E-state index contributed by atoms with van der Waals surface area (Å²) in [5, 5.41) is 23.6. The molecule has 5 aromatic rings. The number of halogens is 2. The molecule has 3 atom stereocenters. The van der Waals surface area contributed by atoms with E-state index in [9.17, 15) is 20.2 Å². The number of rotatable bonds is 8.